The van der Waals surface area contributed by atoms with E-state index in [1.807, 2.05) is 0 Å². The number of nitrogens with zero attached hydrogens (tertiary/aromatic N) is 1. The third-order valence-electron chi connectivity index (χ3n) is 2.87. The van der Waals surface area contributed by atoms with E-state index in [9.17, 15) is 15.2 Å². The second-order valence-electron chi connectivity index (χ2n) is 4.31. The number of alkyl halides is 1. The number of unbranched alkanes of at least 4 members (excludes halogenated alkanes) is 5. The number of halogens is 1. The molecule has 0 aliphatic carbocycles. The summed E-state index contributed by atoms with van der Waals surface area (Å²) in [6.45, 7) is 1.43. The van der Waals surface area contributed by atoms with Gasteiger partial charge >= 0.3 is 4.45 Å². The highest BCUT2D eigenvalue weighted by molar-refractivity contribution is 9.10. The summed E-state index contributed by atoms with van der Waals surface area (Å²) in [5.74, 6) is 0. The van der Waals surface area contributed by atoms with Crippen molar-refractivity contribution < 1.29 is 15.1 Å². The van der Waals surface area contributed by atoms with E-state index in [1.165, 1.54) is 19.3 Å². The van der Waals surface area contributed by atoms with Crippen molar-refractivity contribution in [2.24, 2.45) is 0 Å². The molecule has 2 N–H and O–H groups in total. The largest absolute Gasteiger partial charge is 0.388 e. The zero-order valence-electron chi connectivity index (χ0n) is 10.3. The first-order chi connectivity index (χ1) is 7.99. The molecule has 0 aromatic rings. The summed E-state index contributed by atoms with van der Waals surface area (Å²) in [7, 11) is 0. The van der Waals surface area contributed by atoms with Gasteiger partial charge in [-0.3, -0.25) is 10.1 Å². The minimum absolute atomic E-state index is 0.332. The normalized spacial score (nSPS) is 16.5. The van der Waals surface area contributed by atoms with Crippen molar-refractivity contribution in [2.75, 3.05) is 6.61 Å². The number of hydrogen-bond acceptors (Lipinski definition) is 4. The molecule has 6 heteroatoms. The molecule has 0 aliphatic heterocycles. The molecule has 0 fully saturated rings. The van der Waals surface area contributed by atoms with Crippen LogP contribution in [0.1, 0.15) is 51.9 Å². The summed E-state index contributed by atoms with van der Waals surface area (Å²) in [6, 6.07) is 0. The molecular formula is C11H22BrNO4. The molecule has 0 aromatic heterocycles. The van der Waals surface area contributed by atoms with Gasteiger partial charge in [0.15, 0.2) is 0 Å². The van der Waals surface area contributed by atoms with Crippen LogP contribution in [0.4, 0.5) is 0 Å². The zero-order chi connectivity index (χ0) is 13.3. The Labute approximate surface area is 110 Å². The summed E-state index contributed by atoms with van der Waals surface area (Å²) < 4.78 is -1.81. The fraction of sp³-hybridized carbons (Fsp3) is 1.00. The van der Waals surface area contributed by atoms with E-state index in [2.05, 4.69) is 22.9 Å². The number of aliphatic hydroxyl groups excluding tert-OH is 2. The third kappa shape index (κ3) is 5.79. The van der Waals surface area contributed by atoms with Crippen molar-refractivity contribution in [1.82, 2.24) is 0 Å². The van der Waals surface area contributed by atoms with Crippen molar-refractivity contribution in [2.45, 2.75) is 62.4 Å². The van der Waals surface area contributed by atoms with E-state index >= 15 is 0 Å². The SMILES string of the molecule is CCCCCCCCC(O)C(Br)(CO)[N+](=O)[O-]. The predicted molar refractivity (Wildman–Crippen MR) is 69.7 cm³/mol. The van der Waals surface area contributed by atoms with Gasteiger partial charge in [-0.15, -0.1) is 0 Å². The Bertz CT molecular complexity index is 228. The van der Waals surface area contributed by atoms with E-state index in [-0.39, 0.29) is 0 Å². The fourth-order valence-corrected chi connectivity index (χ4v) is 1.85. The van der Waals surface area contributed by atoms with Crippen molar-refractivity contribution in [3.05, 3.63) is 10.1 Å². The van der Waals surface area contributed by atoms with Gasteiger partial charge in [0.25, 0.3) is 0 Å². The van der Waals surface area contributed by atoms with Crippen molar-refractivity contribution in [1.29, 1.82) is 0 Å². The quantitative estimate of drug-likeness (QED) is 0.213. The van der Waals surface area contributed by atoms with Crippen LogP contribution in [0, 0.1) is 10.1 Å². The molecule has 0 amide bonds. The minimum Gasteiger partial charge on any atom is -0.388 e. The monoisotopic (exact) mass is 311 g/mol. The Morgan fingerprint density at radius 2 is 1.82 bits per heavy atom. The average molecular weight is 312 g/mol. The molecule has 0 bridgehead atoms. The van der Waals surface area contributed by atoms with Gasteiger partial charge in [0, 0.05) is 20.9 Å². The lowest BCUT2D eigenvalue weighted by Gasteiger charge is -2.22. The molecule has 0 radical (unpaired) electrons. The van der Waals surface area contributed by atoms with Crippen molar-refractivity contribution in [3.8, 4) is 0 Å². The Morgan fingerprint density at radius 1 is 1.29 bits per heavy atom. The topological polar surface area (TPSA) is 83.6 Å². The molecule has 0 aromatic carbocycles. The predicted octanol–water partition coefficient (Wildman–Crippen LogP) is 2.46. The van der Waals surface area contributed by atoms with Gasteiger partial charge in [-0.25, -0.2) is 0 Å². The summed E-state index contributed by atoms with van der Waals surface area (Å²) in [5.41, 5.74) is 0. The molecular weight excluding hydrogens is 290 g/mol. The lowest BCUT2D eigenvalue weighted by molar-refractivity contribution is -0.551. The number of rotatable bonds is 10. The van der Waals surface area contributed by atoms with Crippen LogP contribution in [0.2, 0.25) is 0 Å². The number of hydrogen-bond donors (Lipinski definition) is 2. The van der Waals surface area contributed by atoms with E-state index in [1.54, 1.807) is 0 Å². The lowest BCUT2D eigenvalue weighted by Crippen LogP contribution is -2.46. The maximum atomic E-state index is 10.7. The summed E-state index contributed by atoms with van der Waals surface area (Å²) in [6.07, 6.45) is 5.52. The molecule has 0 rings (SSSR count). The zero-order valence-corrected chi connectivity index (χ0v) is 11.9. The summed E-state index contributed by atoms with van der Waals surface area (Å²) in [4.78, 5) is 10.0. The van der Waals surface area contributed by atoms with Crippen LogP contribution in [0.5, 0.6) is 0 Å². The van der Waals surface area contributed by atoms with Gasteiger partial charge in [-0.1, -0.05) is 45.4 Å². The summed E-state index contributed by atoms with van der Waals surface area (Å²) >= 11 is 2.81. The molecule has 0 spiro atoms. The van der Waals surface area contributed by atoms with E-state index in [4.69, 9.17) is 5.11 Å². The molecule has 0 heterocycles. The second-order valence-corrected chi connectivity index (χ2v) is 5.68. The van der Waals surface area contributed by atoms with Crippen LogP contribution in [0.3, 0.4) is 0 Å². The minimum atomic E-state index is -1.81. The maximum Gasteiger partial charge on any atom is 0.322 e. The van der Waals surface area contributed by atoms with Gasteiger partial charge in [0.05, 0.1) is 0 Å². The van der Waals surface area contributed by atoms with Gasteiger partial charge in [-0.2, -0.15) is 0 Å². The first kappa shape index (κ1) is 16.8. The van der Waals surface area contributed by atoms with E-state index < -0.39 is 22.1 Å². The van der Waals surface area contributed by atoms with Crippen LogP contribution in [-0.2, 0) is 0 Å². The van der Waals surface area contributed by atoms with Crippen LogP contribution in [-0.4, -0.2) is 32.3 Å². The smallest absolute Gasteiger partial charge is 0.322 e. The first-order valence-electron chi connectivity index (χ1n) is 6.11. The Hall–Kier alpha value is -0.200. The average Bonchev–Trinajstić information content (AvgIpc) is 2.31. The highest BCUT2D eigenvalue weighted by atomic mass is 79.9. The Kier molecular flexibility index (Phi) is 8.72. The molecule has 0 saturated heterocycles. The molecule has 5 nitrogen and oxygen atoms in total. The standard InChI is InChI=1S/C11H22BrNO4/c1-2-3-4-5-6-7-8-10(15)11(12,9-14)13(16)17/h10,14-15H,2-9H2,1H3. The van der Waals surface area contributed by atoms with Gasteiger partial charge in [0.2, 0.25) is 0 Å². The molecule has 2 atom stereocenters. The molecule has 2 unspecified atom stereocenters. The molecule has 0 saturated carbocycles. The van der Waals surface area contributed by atoms with Crippen LogP contribution in [0.15, 0.2) is 0 Å². The maximum absolute atomic E-state index is 10.7. The summed E-state index contributed by atoms with van der Waals surface area (Å²) in [5, 5.41) is 29.3. The van der Waals surface area contributed by atoms with E-state index in [0.717, 1.165) is 19.3 Å². The lowest BCUT2D eigenvalue weighted by atomic mass is 10.0. The highest BCUT2D eigenvalue weighted by Gasteiger charge is 2.46. The first-order valence-corrected chi connectivity index (χ1v) is 6.90. The second kappa shape index (κ2) is 8.83. The number of nitro groups is 1. The Balaban J connectivity index is 3.84. The van der Waals surface area contributed by atoms with Crippen LogP contribution < -0.4 is 0 Å². The number of aliphatic hydroxyl groups is 2. The highest BCUT2D eigenvalue weighted by Crippen LogP contribution is 2.26. The van der Waals surface area contributed by atoms with Crippen LogP contribution in [0.25, 0.3) is 0 Å². The third-order valence-corrected chi connectivity index (χ3v) is 3.94. The van der Waals surface area contributed by atoms with Crippen LogP contribution >= 0.6 is 15.9 Å². The molecule has 102 valence electrons. The molecule has 0 aliphatic rings. The fourth-order valence-electron chi connectivity index (χ4n) is 1.62. The van der Waals surface area contributed by atoms with Crippen molar-refractivity contribution in [3.63, 3.8) is 0 Å². The van der Waals surface area contributed by atoms with Gasteiger partial charge in [-0.05, 0) is 6.42 Å². The van der Waals surface area contributed by atoms with Crippen molar-refractivity contribution >= 4 is 15.9 Å². The molecule has 17 heavy (non-hydrogen) atoms. The Morgan fingerprint density at radius 3 is 2.29 bits per heavy atom. The van der Waals surface area contributed by atoms with Gasteiger partial charge < -0.3 is 10.2 Å². The van der Waals surface area contributed by atoms with Gasteiger partial charge in [0.1, 0.15) is 12.7 Å². The van der Waals surface area contributed by atoms with E-state index in [0.29, 0.717) is 6.42 Å².